The van der Waals surface area contributed by atoms with Crippen LogP contribution in [-0.4, -0.2) is 56.6 Å². The zero-order chi connectivity index (χ0) is 30.3. The van der Waals surface area contributed by atoms with Crippen molar-refractivity contribution in [1.82, 2.24) is 14.5 Å². The van der Waals surface area contributed by atoms with E-state index in [1.54, 1.807) is 16.7 Å². The highest BCUT2D eigenvalue weighted by atomic mass is 32.2. The van der Waals surface area contributed by atoms with Gasteiger partial charge in [-0.05, 0) is 88.0 Å². The average Bonchev–Trinajstić information content (AvgIpc) is 2.96. The van der Waals surface area contributed by atoms with Gasteiger partial charge >= 0.3 is 5.97 Å². The standard InChI is InChI=1S/C26H33N3O3.C7H8O3S/c30-25-24(26(31)32)27-22-9-1-2-10-23(22)29(25)21-14-18-7-4-8-19(15-21)28(18)20-12-16-5-3-6-17(11-16)13-20;1-6-2-4-7(5-3-6)11(8,9)10/h1-2,9-10,16-21H,3-8,11-15H2,(H,31,32);2-5H,1H3,(H,8,9,10)/t16?,17?,18-,19+,20?,21?;. The van der Waals surface area contributed by atoms with Gasteiger partial charge in [0, 0.05) is 24.2 Å². The Labute approximate surface area is 252 Å². The molecule has 4 aliphatic rings. The summed E-state index contributed by atoms with van der Waals surface area (Å²) in [6.45, 7) is 1.84. The normalized spacial score (nSPS) is 29.0. The molecule has 2 aliphatic heterocycles. The Kier molecular flexibility index (Phi) is 8.45. The molecule has 4 bridgehead atoms. The lowest BCUT2D eigenvalue weighted by atomic mass is 9.68. The number of fused-ring (bicyclic) bond motifs is 5. The second-order valence-electron chi connectivity index (χ2n) is 13.1. The zero-order valence-electron chi connectivity index (χ0n) is 24.6. The summed E-state index contributed by atoms with van der Waals surface area (Å²) in [5.74, 6) is 0.590. The molecule has 7 rings (SSSR count). The first-order valence-electron chi connectivity index (χ1n) is 15.6. The van der Waals surface area contributed by atoms with Gasteiger partial charge in [0.1, 0.15) is 0 Å². The van der Waals surface area contributed by atoms with Gasteiger partial charge in [-0.2, -0.15) is 8.42 Å². The predicted molar refractivity (Wildman–Crippen MR) is 164 cm³/mol. The molecule has 3 heterocycles. The fourth-order valence-corrected chi connectivity index (χ4v) is 8.98. The third-order valence-corrected chi connectivity index (χ3v) is 11.1. The lowest BCUT2D eigenvalue weighted by Gasteiger charge is -2.55. The van der Waals surface area contributed by atoms with Crippen molar-refractivity contribution >= 4 is 27.1 Å². The number of para-hydroxylation sites is 2. The summed E-state index contributed by atoms with van der Waals surface area (Å²) >= 11 is 0. The molecule has 43 heavy (non-hydrogen) atoms. The Morgan fingerprint density at radius 3 is 2.02 bits per heavy atom. The van der Waals surface area contributed by atoms with Crippen molar-refractivity contribution in [2.24, 2.45) is 11.8 Å². The number of carboxylic acid groups (broad SMARTS) is 1. The smallest absolute Gasteiger partial charge is 0.360 e. The van der Waals surface area contributed by atoms with Gasteiger partial charge in [0.25, 0.3) is 15.7 Å². The van der Waals surface area contributed by atoms with E-state index >= 15 is 0 Å². The molecule has 2 aromatic carbocycles. The summed E-state index contributed by atoms with van der Waals surface area (Å²) in [6.07, 6.45) is 13.9. The summed E-state index contributed by atoms with van der Waals surface area (Å²) in [5, 5.41) is 9.62. The van der Waals surface area contributed by atoms with Crippen LogP contribution < -0.4 is 5.56 Å². The van der Waals surface area contributed by atoms with Crippen LogP contribution in [0.15, 0.2) is 58.2 Å². The molecular formula is C33H41N3O6S. The number of benzene rings is 2. The number of aromatic carboxylic acids is 1. The van der Waals surface area contributed by atoms with Crippen LogP contribution in [0.3, 0.4) is 0 Å². The third-order valence-electron chi connectivity index (χ3n) is 10.2. The molecule has 0 spiro atoms. The monoisotopic (exact) mass is 607 g/mol. The SMILES string of the molecule is Cc1ccc(S(=O)(=O)O)cc1.O=C(O)c1nc2ccccc2n(C2C[C@H]3CCC[C@@H](C2)N3C2CC3CCCC(C3)C2)c1=O. The summed E-state index contributed by atoms with van der Waals surface area (Å²) in [4.78, 5) is 32.0. The summed E-state index contributed by atoms with van der Waals surface area (Å²) < 4.78 is 31.3. The van der Waals surface area contributed by atoms with E-state index in [0.717, 1.165) is 35.8 Å². The number of piperidine rings is 2. The van der Waals surface area contributed by atoms with Gasteiger partial charge in [-0.15, -0.1) is 0 Å². The number of rotatable bonds is 4. The highest BCUT2D eigenvalue weighted by molar-refractivity contribution is 7.85. The number of aromatic nitrogens is 2. The molecule has 2 aliphatic carbocycles. The number of hydrogen-bond acceptors (Lipinski definition) is 6. The Hall–Kier alpha value is -3.08. The van der Waals surface area contributed by atoms with E-state index in [0.29, 0.717) is 23.6 Å². The number of carboxylic acids is 1. The number of hydrogen-bond donors (Lipinski definition) is 2. The molecule has 3 aromatic rings. The van der Waals surface area contributed by atoms with E-state index in [4.69, 9.17) is 4.55 Å². The average molecular weight is 608 g/mol. The van der Waals surface area contributed by atoms with E-state index in [9.17, 15) is 23.1 Å². The predicted octanol–water partition coefficient (Wildman–Crippen LogP) is 5.86. The fourth-order valence-electron chi connectivity index (χ4n) is 8.50. The molecule has 5 atom stereocenters. The van der Waals surface area contributed by atoms with Gasteiger partial charge in [0.05, 0.1) is 15.9 Å². The lowest BCUT2D eigenvalue weighted by molar-refractivity contribution is -0.0486. The molecule has 2 saturated heterocycles. The minimum absolute atomic E-state index is 0.0446. The molecule has 0 radical (unpaired) electrons. The molecule has 0 amide bonds. The van der Waals surface area contributed by atoms with Crippen LogP contribution in [-0.2, 0) is 10.1 Å². The van der Waals surface area contributed by atoms with Gasteiger partial charge < -0.3 is 9.67 Å². The Bertz CT molecular complexity index is 1630. The molecule has 2 saturated carbocycles. The second-order valence-corrected chi connectivity index (χ2v) is 14.5. The topological polar surface area (TPSA) is 130 Å². The van der Waals surface area contributed by atoms with Crippen molar-refractivity contribution in [2.45, 2.75) is 107 Å². The Morgan fingerprint density at radius 2 is 1.42 bits per heavy atom. The number of aryl methyl sites for hydroxylation is 1. The summed E-state index contributed by atoms with van der Waals surface area (Å²) in [7, 11) is -4.02. The highest BCUT2D eigenvalue weighted by Gasteiger charge is 2.45. The lowest BCUT2D eigenvalue weighted by Crippen LogP contribution is -2.58. The van der Waals surface area contributed by atoms with Gasteiger partial charge in [-0.1, -0.05) is 55.5 Å². The van der Waals surface area contributed by atoms with Gasteiger partial charge in [-0.25, -0.2) is 9.78 Å². The number of carbonyl (C=O) groups is 1. The van der Waals surface area contributed by atoms with Crippen molar-refractivity contribution in [3.05, 3.63) is 70.1 Å². The van der Waals surface area contributed by atoms with E-state index in [2.05, 4.69) is 9.88 Å². The zero-order valence-corrected chi connectivity index (χ0v) is 25.5. The van der Waals surface area contributed by atoms with Gasteiger partial charge in [0.2, 0.25) is 5.69 Å². The van der Waals surface area contributed by atoms with Crippen LogP contribution in [0.25, 0.3) is 11.0 Å². The minimum atomic E-state index is -4.02. The molecular weight excluding hydrogens is 566 g/mol. The molecule has 3 unspecified atom stereocenters. The largest absolute Gasteiger partial charge is 0.476 e. The molecule has 230 valence electrons. The summed E-state index contributed by atoms with van der Waals surface area (Å²) in [6, 6.07) is 15.2. The molecule has 1 aromatic heterocycles. The first kappa shape index (κ1) is 30.0. The van der Waals surface area contributed by atoms with E-state index in [1.165, 1.54) is 69.9 Å². The highest BCUT2D eigenvalue weighted by Crippen LogP contribution is 2.47. The molecule has 4 fully saturated rings. The van der Waals surface area contributed by atoms with Crippen LogP contribution >= 0.6 is 0 Å². The van der Waals surface area contributed by atoms with Crippen LogP contribution in [0.1, 0.15) is 92.7 Å². The van der Waals surface area contributed by atoms with Crippen LogP contribution in [0.2, 0.25) is 0 Å². The molecule has 2 N–H and O–H groups in total. The minimum Gasteiger partial charge on any atom is -0.476 e. The first-order valence-corrected chi connectivity index (χ1v) is 17.1. The van der Waals surface area contributed by atoms with Crippen LogP contribution in [0.5, 0.6) is 0 Å². The maximum Gasteiger partial charge on any atom is 0.360 e. The van der Waals surface area contributed by atoms with Crippen molar-refractivity contribution in [3.8, 4) is 0 Å². The van der Waals surface area contributed by atoms with Gasteiger partial charge in [0.15, 0.2) is 0 Å². The fraction of sp³-hybridized carbons (Fsp3) is 0.545. The maximum atomic E-state index is 13.3. The maximum absolute atomic E-state index is 13.3. The summed E-state index contributed by atoms with van der Waals surface area (Å²) in [5.41, 5.74) is 1.53. The van der Waals surface area contributed by atoms with Crippen LogP contribution in [0.4, 0.5) is 0 Å². The van der Waals surface area contributed by atoms with E-state index in [-0.39, 0.29) is 16.6 Å². The van der Waals surface area contributed by atoms with Crippen molar-refractivity contribution < 1.29 is 22.9 Å². The van der Waals surface area contributed by atoms with Crippen molar-refractivity contribution in [2.75, 3.05) is 0 Å². The third kappa shape index (κ3) is 6.28. The quantitative estimate of drug-likeness (QED) is 0.353. The van der Waals surface area contributed by atoms with Crippen LogP contribution in [0, 0.1) is 18.8 Å². The van der Waals surface area contributed by atoms with Crippen molar-refractivity contribution in [1.29, 1.82) is 0 Å². The van der Waals surface area contributed by atoms with Crippen molar-refractivity contribution in [3.63, 3.8) is 0 Å². The molecule has 10 heteroatoms. The first-order chi connectivity index (χ1) is 20.6. The Morgan fingerprint density at radius 1 is 0.814 bits per heavy atom. The number of nitrogens with zero attached hydrogens (tertiary/aromatic N) is 3. The molecule has 9 nitrogen and oxygen atoms in total. The van der Waals surface area contributed by atoms with E-state index < -0.39 is 21.6 Å². The second kappa shape index (κ2) is 12.1. The Balaban J connectivity index is 0.000000254. The van der Waals surface area contributed by atoms with E-state index in [1.807, 2.05) is 31.2 Å². The van der Waals surface area contributed by atoms with Gasteiger partial charge in [-0.3, -0.25) is 14.2 Å².